The SMILES string of the molecule is CNC(=S)N/N=C/c1cnccn1.[Cl][Cu][Cl]. The van der Waals surface area contributed by atoms with E-state index in [2.05, 4.69) is 46.0 Å². The number of hydrazone groups is 1. The fourth-order valence-electron chi connectivity index (χ4n) is 0.590. The van der Waals surface area contributed by atoms with Crippen LogP contribution in [-0.2, 0) is 13.1 Å². The van der Waals surface area contributed by atoms with Crippen LogP contribution in [0.1, 0.15) is 5.69 Å². The molecule has 0 radical (unpaired) electrons. The second-order valence-electron chi connectivity index (χ2n) is 2.12. The summed E-state index contributed by atoms with van der Waals surface area (Å²) in [5, 5.41) is 7.01. The summed E-state index contributed by atoms with van der Waals surface area (Å²) in [6.45, 7) is 0. The molecule has 0 unspecified atom stereocenters. The van der Waals surface area contributed by atoms with Crippen molar-refractivity contribution in [3.63, 3.8) is 0 Å². The Morgan fingerprint density at radius 1 is 1.56 bits per heavy atom. The van der Waals surface area contributed by atoms with Gasteiger partial charge in [-0.15, -0.1) is 0 Å². The van der Waals surface area contributed by atoms with Crippen molar-refractivity contribution in [1.82, 2.24) is 20.7 Å². The molecule has 0 aliphatic heterocycles. The van der Waals surface area contributed by atoms with Gasteiger partial charge in [0.15, 0.2) is 5.11 Å². The number of hydrogen-bond acceptors (Lipinski definition) is 4. The van der Waals surface area contributed by atoms with E-state index in [1.54, 1.807) is 25.6 Å². The predicted octanol–water partition coefficient (Wildman–Crippen LogP) is 1.28. The van der Waals surface area contributed by atoms with Crippen LogP contribution < -0.4 is 10.7 Å². The van der Waals surface area contributed by atoms with Gasteiger partial charge in [0.1, 0.15) is 5.69 Å². The molecule has 0 spiro atoms. The molecule has 0 aromatic carbocycles. The quantitative estimate of drug-likeness (QED) is 0.370. The fraction of sp³-hybridized carbons (Fsp3) is 0.143. The third-order valence-electron chi connectivity index (χ3n) is 1.17. The summed E-state index contributed by atoms with van der Waals surface area (Å²) >= 11 is 5.56. The molecule has 9 heteroatoms. The van der Waals surface area contributed by atoms with Gasteiger partial charge in [0, 0.05) is 19.4 Å². The second kappa shape index (κ2) is 11.0. The summed E-state index contributed by atoms with van der Waals surface area (Å²) < 4.78 is 0. The van der Waals surface area contributed by atoms with Crippen LogP contribution in [0, 0.1) is 0 Å². The number of hydrogen-bond donors (Lipinski definition) is 2. The molecule has 93 valence electrons. The van der Waals surface area contributed by atoms with E-state index in [0.29, 0.717) is 10.8 Å². The maximum absolute atomic E-state index is 4.80. The molecular weight excluding hydrogens is 321 g/mol. The van der Waals surface area contributed by atoms with Crippen LogP contribution in [0.4, 0.5) is 0 Å². The molecule has 16 heavy (non-hydrogen) atoms. The van der Waals surface area contributed by atoms with Crippen LogP contribution in [0.5, 0.6) is 0 Å². The Hall–Kier alpha value is -0.461. The van der Waals surface area contributed by atoms with Crippen molar-refractivity contribution in [1.29, 1.82) is 0 Å². The van der Waals surface area contributed by atoms with Crippen LogP contribution in [0.3, 0.4) is 0 Å². The number of aromatic nitrogens is 2. The number of thiocarbonyl (C=S) groups is 1. The molecule has 1 aromatic rings. The van der Waals surface area contributed by atoms with Crippen molar-refractivity contribution in [2.24, 2.45) is 5.10 Å². The molecular formula is C7H9Cl2CuN5S. The topological polar surface area (TPSA) is 62.2 Å². The zero-order valence-corrected chi connectivity index (χ0v) is 11.4. The summed E-state index contributed by atoms with van der Waals surface area (Å²) in [5.74, 6) is 0. The Kier molecular flexibility index (Phi) is 10.7. The van der Waals surface area contributed by atoms with E-state index in [-0.39, 0.29) is 0 Å². The zero-order valence-electron chi connectivity index (χ0n) is 8.12. The standard InChI is InChI=1S/C7H9N5S.2ClH.Cu/c1-8-7(13)12-11-5-6-4-9-2-3-10-6;;;/h2-5H,1H3,(H2,8,12,13);2*1H;/q;;;+2/p-2/b11-5+;;;. The average molecular weight is 330 g/mol. The van der Waals surface area contributed by atoms with Crippen molar-refractivity contribution >= 4 is 43.7 Å². The molecule has 0 aliphatic rings. The summed E-state index contributed by atoms with van der Waals surface area (Å²) in [6.07, 6.45) is 6.34. The Balaban J connectivity index is 0.000000673. The molecule has 1 heterocycles. The normalized spacial score (nSPS) is 9.44. The summed E-state index contributed by atoms with van der Waals surface area (Å²) in [5.41, 5.74) is 3.28. The summed E-state index contributed by atoms with van der Waals surface area (Å²) in [6, 6.07) is 0. The van der Waals surface area contributed by atoms with Crippen LogP contribution in [0.2, 0.25) is 0 Å². The van der Waals surface area contributed by atoms with Gasteiger partial charge in [0.05, 0.1) is 12.4 Å². The van der Waals surface area contributed by atoms with Crippen molar-refractivity contribution in [2.75, 3.05) is 7.05 Å². The third kappa shape index (κ3) is 8.82. The Labute approximate surface area is 114 Å². The van der Waals surface area contributed by atoms with Gasteiger partial charge in [-0.05, 0) is 12.2 Å². The Bertz CT molecular complexity index is 324. The molecule has 0 saturated carbocycles. The molecule has 0 bridgehead atoms. The van der Waals surface area contributed by atoms with Crippen LogP contribution in [0.15, 0.2) is 23.7 Å². The molecule has 0 amide bonds. The summed E-state index contributed by atoms with van der Waals surface area (Å²) in [7, 11) is 11.1. The van der Waals surface area contributed by atoms with Gasteiger partial charge in [0.2, 0.25) is 0 Å². The molecule has 0 atom stereocenters. The van der Waals surface area contributed by atoms with Crippen molar-refractivity contribution in [3.8, 4) is 0 Å². The molecule has 1 aromatic heterocycles. The monoisotopic (exact) mass is 328 g/mol. The number of rotatable bonds is 2. The van der Waals surface area contributed by atoms with E-state index in [4.69, 9.17) is 12.2 Å². The van der Waals surface area contributed by atoms with Crippen molar-refractivity contribution in [2.45, 2.75) is 0 Å². The van der Waals surface area contributed by atoms with Gasteiger partial charge in [-0.3, -0.25) is 15.4 Å². The van der Waals surface area contributed by atoms with Crippen molar-refractivity contribution in [3.05, 3.63) is 24.3 Å². The first-order chi connectivity index (χ1) is 7.74. The van der Waals surface area contributed by atoms with E-state index in [1.165, 1.54) is 6.21 Å². The van der Waals surface area contributed by atoms with Gasteiger partial charge in [0.25, 0.3) is 0 Å². The average Bonchev–Trinajstić information content (AvgIpc) is 2.31. The van der Waals surface area contributed by atoms with Crippen LogP contribution in [0.25, 0.3) is 0 Å². The molecule has 2 N–H and O–H groups in total. The van der Waals surface area contributed by atoms with E-state index >= 15 is 0 Å². The minimum atomic E-state index is 0.458. The minimum absolute atomic E-state index is 0.458. The summed E-state index contributed by atoms with van der Waals surface area (Å²) in [4.78, 5) is 7.86. The molecule has 0 aliphatic carbocycles. The van der Waals surface area contributed by atoms with Gasteiger partial charge >= 0.3 is 33.3 Å². The molecule has 0 fully saturated rings. The van der Waals surface area contributed by atoms with Crippen LogP contribution >= 0.6 is 32.4 Å². The first-order valence-corrected chi connectivity index (χ1v) is 6.82. The maximum atomic E-state index is 4.80. The Morgan fingerprint density at radius 3 is 2.75 bits per heavy atom. The van der Waals surface area contributed by atoms with E-state index in [1.807, 2.05) is 0 Å². The first kappa shape index (κ1) is 15.5. The Morgan fingerprint density at radius 2 is 2.25 bits per heavy atom. The fourth-order valence-corrected chi connectivity index (χ4v) is 0.643. The third-order valence-corrected chi connectivity index (χ3v) is 1.47. The molecule has 1 rings (SSSR count). The van der Waals surface area contributed by atoms with E-state index < -0.39 is 0 Å². The number of nitrogens with zero attached hydrogens (tertiary/aromatic N) is 3. The predicted molar refractivity (Wildman–Crippen MR) is 66.1 cm³/mol. The van der Waals surface area contributed by atoms with E-state index in [0.717, 1.165) is 13.1 Å². The van der Waals surface area contributed by atoms with Gasteiger partial charge < -0.3 is 5.32 Å². The zero-order chi connectivity index (χ0) is 12.2. The second-order valence-corrected chi connectivity index (χ2v) is 4.09. The van der Waals surface area contributed by atoms with Crippen molar-refractivity contribution < 1.29 is 13.1 Å². The number of halogens is 2. The van der Waals surface area contributed by atoms with Crippen LogP contribution in [-0.4, -0.2) is 28.3 Å². The van der Waals surface area contributed by atoms with Gasteiger partial charge in [-0.25, -0.2) is 0 Å². The van der Waals surface area contributed by atoms with Gasteiger partial charge in [-0.2, -0.15) is 5.10 Å². The number of nitrogens with one attached hydrogen (secondary N) is 2. The first-order valence-electron chi connectivity index (χ1n) is 3.82. The molecule has 5 nitrogen and oxygen atoms in total. The van der Waals surface area contributed by atoms with Gasteiger partial charge in [-0.1, -0.05) is 0 Å². The molecule has 0 saturated heterocycles. The van der Waals surface area contributed by atoms with E-state index in [9.17, 15) is 0 Å².